The average molecular weight is 539 g/mol. The number of aliphatic carboxylic acids is 1. The van der Waals surface area contributed by atoms with E-state index in [0.717, 1.165) is 67.3 Å². The van der Waals surface area contributed by atoms with Crippen LogP contribution in [0.15, 0.2) is 24.3 Å². The summed E-state index contributed by atoms with van der Waals surface area (Å²) in [5, 5.41) is 23.2. The molecule has 1 amide bonds. The molecular formula is C32H43FN2O4. The number of carboxylic acid groups (broad SMARTS) is 1. The number of rotatable bonds is 9. The third-order valence-electron chi connectivity index (χ3n) is 9.65. The molecule has 3 aliphatic rings. The maximum absolute atomic E-state index is 13.6. The van der Waals surface area contributed by atoms with Gasteiger partial charge in [-0.2, -0.15) is 0 Å². The molecule has 3 aliphatic carbocycles. The molecule has 1 heterocycles. The molecular weight excluding hydrogens is 495 g/mol. The molecule has 5 rings (SSSR count). The van der Waals surface area contributed by atoms with E-state index in [2.05, 4.69) is 24.4 Å². The Morgan fingerprint density at radius 1 is 1.10 bits per heavy atom. The van der Waals surface area contributed by atoms with Crippen molar-refractivity contribution in [2.75, 3.05) is 6.67 Å². The van der Waals surface area contributed by atoms with Gasteiger partial charge in [0, 0.05) is 24.3 Å². The fourth-order valence-electron chi connectivity index (χ4n) is 6.52. The molecule has 6 nitrogen and oxygen atoms in total. The zero-order valence-electron chi connectivity index (χ0n) is 23.7. The minimum absolute atomic E-state index is 0.105. The van der Waals surface area contributed by atoms with Crippen molar-refractivity contribution in [2.24, 2.45) is 24.8 Å². The van der Waals surface area contributed by atoms with Crippen molar-refractivity contribution in [1.82, 2.24) is 9.88 Å². The van der Waals surface area contributed by atoms with Crippen LogP contribution in [0, 0.1) is 17.8 Å². The minimum atomic E-state index is -1.01. The highest BCUT2D eigenvalue weighted by Gasteiger charge is 2.40. The molecule has 0 saturated heterocycles. The Morgan fingerprint density at radius 3 is 2.41 bits per heavy atom. The SMILES string of the molecule is Cn1c(C(=O)NC2CC(C(=O)O)C2)cc(-c2cc(C(C)(C)O)cc(C3(C)CC3)c2)c1CC1CCCC(CF)C1. The van der Waals surface area contributed by atoms with Gasteiger partial charge in [-0.15, -0.1) is 0 Å². The lowest BCUT2D eigenvalue weighted by Crippen LogP contribution is -2.47. The zero-order valence-corrected chi connectivity index (χ0v) is 23.7. The largest absolute Gasteiger partial charge is 0.481 e. The fraction of sp³-hybridized carbons (Fsp3) is 0.625. The van der Waals surface area contributed by atoms with Crippen LogP contribution in [0.5, 0.6) is 0 Å². The van der Waals surface area contributed by atoms with Gasteiger partial charge in [0.25, 0.3) is 5.91 Å². The third-order valence-corrected chi connectivity index (χ3v) is 9.65. The van der Waals surface area contributed by atoms with Gasteiger partial charge < -0.3 is 20.1 Å². The Kier molecular flexibility index (Phi) is 7.42. The summed E-state index contributed by atoms with van der Waals surface area (Å²) < 4.78 is 15.5. The second-order valence-electron chi connectivity index (χ2n) is 13.3. The zero-order chi connectivity index (χ0) is 28.1. The summed E-state index contributed by atoms with van der Waals surface area (Å²) in [5.41, 5.74) is 4.75. The number of hydrogen-bond donors (Lipinski definition) is 3. The lowest BCUT2D eigenvalue weighted by atomic mass is 9.79. The van der Waals surface area contributed by atoms with Gasteiger partial charge in [0.2, 0.25) is 0 Å². The van der Waals surface area contributed by atoms with Gasteiger partial charge in [-0.3, -0.25) is 14.0 Å². The van der Waals surface area contributed by atoms with Crippen LogP contribution in [0.4, 0.5) is 4.39 Å². The second-order valence-corrected chi connectivity index (χ2v) is 13.3. The summed E-state index contributed by atoms with van der Waals surface area (Å²) in [7, 11) is 1.92. The van der Waals surface area contributed by atoms with E-state index in [1.807, 2.05) is 23.7 Å². The molecule has 0 bridgehead atoms. The highest BCUT2D eigenvalue weighted by molar-refractivity contribution is 5.95. The fourth-order valence-corrected chi connectivity index (χ4v) is 6.52. The van der Waals surface area contributed by atoms with E-state index in [4.69, 9.17) is 0 Å². The number of alkyl halides is 1. The first kappa shape index (κ1) is 27.9. The van der Waals surface area contributed by atoms with E-state index in [1.54, 1.807) is 13.8 Å². The van der Waals surface area contributed by atoms with E-state index < -0.39 is 17.5 Å². The molecule has 3 saturated carbocycles. The van der Waals surface area contributed by atoms with Crippen molar-refractivity contribution in [3.63, 3.8) is 0 Å². The summed E-state index contributed by atoms with van der Waals surface area (Å²) in [6.07, 6.45) is 7.76. The van der Waals surface area contributed by atoms with Gasteiger partial charge >= 0.3 is 5.97 Å². The summed E-state index contributed by atoms with van der Waals surface area (Å²) >= 11 is 0. The number of amides is 1. The van der Waals surface area contributed by atoms with Gasteiger partial charge in [0.1, 0.15) is 5.69 Å². The van der Waals surface area contributed by atoms with E-state index in [1.165, 1.54) is 5.56 Å². The molecule has 0 spiro atoms. The van der Waals surface area contributed by atoms with E-state index >= 15 is 0 Å². The maximum atomic E-state index is 13.6. The molecule has 2 unspecified atom stereocenters. The predicted molar refractivity (Wildman–Crippen MR) is 149 cm³/mol. The molecule has 7 heteroatoms. The topological polar surface area (TPSA) is 91.6 Å². The normalized spacial score (nSPS) is 26.1. The molecule has 1 aromatic carbocycles. The average Bonchev–Trinajstić information content (AvgIpc) is 3.54. The molecule has 2 aromatic rings. The second kappa shape index (κ2) is 10.4. The van der Waals surface area contributed by atoms with Gasteiger partial charge in [-0.25, -0.2) is 0 Å². The Labute approximate surface area is 231 Å². The Bertz CT molecular complexity index is 1230. The first-order chi connectivity index (χ1) is 18.4. The lowest BCUT2D eigenvalue weighted by molar-refractivity contribution is -0.145. The van der Waals surface area contributed by atoms with Crippen LogP contribution in [-0.4, -0.2) is 39.4 Å². The van der Waals surface area contributed by atoms with Crippen molar-refractivity contribution in [3.8, 4) is 11.1 Å². The van der Waals surface area contributed by atoms with Gasteiger partial charge in [-0.1, -0.05) is 31.9 Å². The van der Waals surface area contributed by atoms with E-state index in [-0.39, 0.29) is 30.0 Å². The monoisotopic (exact) mass is 538 g/mol. The Morgan fingerprint density at radius 2 is 1.79 bits per heavy atom. The number of aliphatic hydroxyl groups is 1. The highest BCUT2D eigenvalue weighted by Crippen LogP contribution is 2.49. The van der Waals surface area contributed by atoms with Crippen LogP contribution in [0.3, 0.4) is 0 Å². The molecule has 3 fully saturated rings. The van der Waals surface area contributed by atoms with E-state index in [0.29, 0.717) is 24.5 Å². The quantitative estimate of drug-likeness (QED) is 0.372. The minimum Gasteiger partial charge on any atom is -0.481 e. The number of halogens is 1. The number of hydrogen-bond acceptors (Lipinski definition) is 3. The van der Waals surface area contributed by atoms with Crippen molar-refractivity contribution in [2.45, 2.75) is 95.6 Å². The molecule has 3 N–H and O–H groups in total. The summed E-state index contributed by atoms with van der Waals surface area (Å²) in [6.45, 7) is 5.59. The maximum Gasteiger partial charge on any atom is 0.306 e. The number of aromatic nitrogens is 1. The van der Waals surface area contributed by atoms with Crippen molar-refractivity contribution in [1.29, 1.82) is 0 Å². The van der Waals surface area contributed by atoms with Crippen LogP contribution in [0.1, 0.15) is 99.4 Å². The van der Waals surface area contributed by atoms with Gasteiger partial charge in [0.15, 0.2) is 0 Å². The van der Waals surface area contributed by atoms with Crippen molar-refractivity contribution < 1.29 is 24.2 Å². The molecule has 2 atom stereocenters. The summed E-state index contributed by atoms with van der Waals surface area (Å²) in [6, 6.07) is 8.21. The standard InChI is InChI=1S/C32H43FN2O4/c1-31(2,39)23-12-21(13-24(16-23)32(3)8-9-32)26-17-28(29(36)34-25-14-22(15-25)30(37)38)35(4)27(26)11-19-6-5-7-20(10-19)18-33/h12-13,16-17,19-20,22,25,39H,5-11,14-15,18H2,1-4H3,(H,34,36)(H,37,38). The highest BCUT2D eigenvalue weighted by atomic mass is 19.1. The number of nitrogens with one attached hydrogen (secondary N) is 1. The van der Waals surface area contributed by atoms with Crippen molar-refractivity contribution >= 4 is 11.9 Å². The number of carbonyl (C=O) groups excluding carboxylic acids is 1. The van der Waals surface area contributed by atoms with E-state index in [9.17, 15) is 24.2 Å². The molecule has 212 valence electrons. The summed E-state index contributed by atoms with van der Waals surface area (Å²) in [5.74, 6) is -0.942. The molecule has 39 heavy (non-hydrogen) atoms. The molecule has 0 aliphatic heterocycles. The Balaban J connectivity index is 1.52. The van der Waals surface area contributed by atoms with Crippen LogP contribution in [-0.2, 0) is 29.3 Å². The first-order valence-corrected chi connectivity index (χ1v) is 14.5. The smallest absolute Gasteiger partial charge is 0.306 e. The van der Waals surface area contributed by atoms with Crippen LogP contribution in [0.2, 0.25) is 0 Å². The number of carboxylic acids is 1. The predicted octanol–water partition coefficient (Wildman–Crippen LogP) is 5.88. The molecule has 0 radical (unpaired) electrons. The van der Waals surface area contributed by atoms with Gasteiger partial charge in [-0.05, 0) is 105 Å². The van der Waals surface area contributed by atoms with Gasteiger partial charge in [0.05, 0.1) is 18.2 Å². The Hall–Kier alpha value is -2.67. The van der Waals surface area contributed by atoms with Crippen molar-refractivity contribution in [3.05, 3.63) is 46.8 Å². The van der Waals surface area contributed by atoms with Crippen LogP contribution < -0.4 is 5.32 Å². The number of nitrogens with zero attached hydrogens (tertiary/aromatic N) is 1. The summed E-state index contributed by atoms with van der Waals surface area (Å²) in [4.78, 5) is 24.6. The lowest BCUT2D eigenvalue weighted by Gasteiger charge is -2.32. The molecule has 1 aromatic heterocycles. The van der Waals surface area contributed by atoms with Crippen LogP contribution in [0.25, 0.3) is 11.1 Å². The number of carbonyl (C=O) groups is 2. The first-order valence-electron chi connectivity index (χ1n) is 14.5. The van der Waals surface area contributed by atoms with Crippen LogP contribution >= 0.6 is 0 Å². The third kappa shape index (κ3) is 5.79. The number of benzene rings is 1.